The highest BCUT2D eigenvalue weighted by atomic mass is 35.5. The first-order valence-electron chi connectivity index (χ1n) is 4.79. The van der Waals surface area contributed by atoms with E-state index in [1.807, 2.05) is 6.92 Å². The fourth-order valence-electron chi connectivity index (χ4n) is 1.27. The van der Waals surface area contributed by atoms with Crippen molar-refractivity contribution >= 4 is 29.1 Å². The number of hydrogen-bond acceptors (Lipinski definition) is 2. The fraction of sp³-hybridized carbons (Fsp3) is 0.364. The van der Waals surface area contributed by atoms with Gasteiger partial charge in [-0.05, 0) is 25.1 Å². The lowest BCUT2D eigenvalue weighted by atomic mass is 10.2. The first kappa shape index (κ1) is 13.3. The van der Waals surface area contributed by atoms with E-state index >= 15 is 0 Å². The van der Waals surface area contributed by atoms with Gasteiger partial charge in [-0.25, -0.2) is 0 Å². The Morgan fingerprint density at radius 2 is 2.19 bits per heavy atom. The summed E-state index contributed by atoms with van der Waals surface area (Å²) in [4.78, 5) is 11.8. The molecule has 0 unspecified atom stereocenters. The Labute approximate surface area is 105 Å². The zero-order chi connectivity index (χ0) is 12.1. The van der Waals surface area contributed by atoms with Gasteiger partial charge in [-0.2, -0.15) is 0 Å². The van der Waals surface area contributed by atoms with Crippen molar-refractivity contribution in [2.24, 2.45) is 0 Å². The Hall–Kier alpha value is -0.770. The average molecular weight is 262 g/mol. The normalized spacial score (nSPS) is 12.2. The summed E-state index contributed by atoms with van der Waals surface area (Å²) in [6, 6.07) is 4.70. The summed E-state index contributed by atoms with van der Waals surface area (Å²) < 4.78 is 4.92. The number of rotatable bonds is 4. The van der Waals surface area contributed by atoms with Crippen LogP contribution in [0.25, 0.3) is 0 Å². The Balaban J connectivity index is 2.73. The summed E-state index contributed by atoms with van der Waals surface area (Å²) in [5.74, 6) is -0.230. The van der Waals surface area contributed by atoms with Crippen molar-refractivity contribution in [1.82, 2.24) is 5.32 Å². The Morgan fingerprint density at radius 1 is 1.50 bits per heavy atom. The van der Waals surface area contributed by atoms with E-state index < -0.39 is 0 Å². The van der Waals surface area contributed by atoms with E-state index in [4.69, 9.17) is 27.9 Å². The van der Waals surface area contributed by atoms with E-state index in [0.717, 1.165) is 0 Å². The van der Waals surface area contributed by atoms with Crippen LogP contribution in [0.2, 0.25) is 10.0 Å². The molecule has 0 saturated carbocycles. The van der Waals surface area contributed by atoms with Gasteiger partial charge in [-0.1, -0.05) is 23.2 Å². The Kier molecular flexibility index (Phi) is 5.06. The van der Waals surface area contributed by atoms with E-state index in [1.54, 1.807) is 25.3 Å². The molecule has 1 aromatic rings. The molecule has 1 amide bonds. The summed E-state index contributed by atoms with van der Waals surface area (Å²) >= 11 is 11.6. The fourth-order valence-corrected chi connectivity index (χ4v) is 1.76. The maximum atomic E-state index is 11.8. The van der Waals surface area contributed by atoms with Gasteiger partial charge in [0.1, 0.15) is 0 Å². The number of halogens is 2. The third kappa shape index (κ3) is 3.67. The first-order valence-corrected chi connectivity index (χ1v) is 5.55. The van der Waals surface area contributed by atoms with Gasteiger partial charge in [0.2, 0.25) is 0 Å². The highest BCUT2D eigenvalue weighted by Gasteiger charge is 2.12. The molecule has 0 aliphatic heterocycles. The summed E-state index contributed by atoms with van der Waals surface area (Å²) in [6.07, 6.45) is 0. The van der Waals surface area contributed by atoms with E-state index in [0.29, 0.717) is 22.2 Å². The molecule has 0 aromatic heterocycles. The third-order valence-electron chi connectivity index (χ3n) is 1.97. The van der Waals surface area contributed by atoms with Crippen molar-refractivity contribution in [3.8, 4) is 0 Å². The van der Waals surface area contributed by atoms with E-state index in [9.17, 15) is 4.79 Å². The van der Waals surface area contributed by atoms with Crippen LogP contribution in [0.3, 0.4) is 0 Å². The lowest BCUT2D eigenvalue weighted by molar-refractivity contribution is 0.0906. The maximum Gasteiger partial charge on any atom is 0.253 e. The van der Waals surface area contributed by atoms with Crippen LogP contribution in [0, 0.1) is 0 Å². The molecule has 1 rings (SSSR count). The smallest absolute Gasteiger partial charge is 0.253 e. The number of ether oxygens (including phenoxy) is 1. The molecule has 1 N–H and O–H groups in total. The highest BCUT2D eigenvalue weighted by molar-refractivity contribution is 6.36. The molecule has 16 heavy (non-hydrogen) atoms. The van der Waals surface area contributed by atoms with Crippen LogP contribution in [0.15, 0.2) is 18.2 Å². The number of hydrogen-bond donors (Lipinski definition) is 1. The number of methoxy groups -OCH3 is 1. The lowest BCUT2D eigenvalue weighted by Gasteiger charge is -2.13. The second-order valence-electron chi connectivity index (χ2n) is 3.45. The van der Waals surface area contributed by atoms with E-state index in [-0.39, 0.29) is 11.9 Å². The van der Waals surface area contributed by atoms with Gasteiger partial charge >= 0.3 is 0 Å². The molecule has 5 heteroatoms. The predicted molar refractivity (Wildman–Crippen MR) is 65.3 cm³/mol. The third-order valence-corrected chi connectivity index (χ3v) is 2.52. The van der Waals surface area contributed by atoms with Gasteiger partial charge in [0.25, 0.3) is 5.91 Å². The lowest BCUT2D eigenvalue weighted by Crippen LogP contribution is -2.35. The van der Waals surface area contributed by atoms with Crippen LogP contribution in [0.4, 0.5) is 0 Å². The molecule has 0 saturated heterocycles. The molecule has 0 radical (unpaired) electrons. The molecule has 1 atom stereocenters. The second kappa shape index (κ2) is 6.09. The van der Waals surface area contributed by atoms with Gasteiger partial charge in [0, 0.05) is 18.2 Å². The minimum atomic E-state index is -0.230. The number of nitrogens with one attached hydrogen (secondary N) is 1. The van der Waals surface area contributed by atoms with E-state index in [1.165, 1.54) is 0 Å². The van der Waals surface area contributed by atoms with Crippen molar-refractivity contribution in [2.45, 2.75) is 13.0 Å². The first-order chi connectivity index (χ1) is 7.54. The van der Waals surface area contributed by atoms with Crippen LogP contribution in [-0.2, 0) is 4.74 Å². The molecule has 1 aromatic carbocycles. The molecule has 0 bridgehead atoms. The Morgan fingerprint density at radius 3 is 2.75 bits per heavy atom. The molecule has 0 aliphatic carbocycles. The molecule has 3 nitrogen and oxygen atoms in total. The maximum absolute atomic E-state index is 11.8. The molecule has 0 aliphatic rings. The summed E-state index contributed by atoms with van der Waals surface area (Å²) in [5.41, 5.74) is 0.411. The molecular weight excluding hydrogens is 249 g/mol. The van der Waals surface area contributed by atoms with Gasteiger partial charge in [0.05, 0.1) is 17.2 Å². The predicted octanol–water partition coefficient (Wildman–Crippen LogP) is 2.76. The minimum absolute atomic E-state index is 0.0655. The number of benzene rings is 1. The molecule has 0 spiro atoms. The van der Waals surface area contributed by atoms with Crippen LogP contribution >= 0.6 is 23.2 Å². The molecule has 0 fully saturated rings. The molecular formula is C11H13Cl2NO2. The van der Waals surface area contributed by atoms with Crippen molar-refractivity contribution in [3.05, 3.63) is 33.8 Å². The number of amides is 1. The Bertz CT molecular complexity index is 382. The van der Waals surface area contributed by atoms with Gasteiger partial charge in [-0.3, -0.25) is 4.79 Å². The number of carbonyl (C=O) groups is 1. The highest BCUT2D eigenvalue weighted by Crippen LogP contribution is 2.20. The van der Waals surface area contributed by atoms with Crippen LogP contribution in [-0.4, -0.2) is 25.7 Å². The standard InChI is InChI=1S/C11H13Cl2NO2/c1-7(6-16-2)14-11(15)9-4-3-8(12)5-10(9)13/h3-5,7H,6H2,1-2H3,(H,14,15)/t7-/m0/s1. The average Bonchev–Trinajstić information content (AvgIpc) is 2.17. The summed E-state index contributed by atoms with van der Waals surface area (Å²) in [6.45, 7) is 2.31. The summed E-state index contributed by atoms with van der Waals surface area (Å²) in [7, 11) is 1.58. The second-order valence-corrected chi connectivity index (χ2v) is 4.30. The van der Waals surface area contributed by atoms with Crippen molar-refractivity contribution in [2.75, 3.05) is 13.7 Å². The van der Waals surface area contributed by atoms with Crippen molar-refractivity contribution in [3.63, 3.8) is 0 Å². The topological polar surface area (TPSA) is 38.3 Å². The van der Waals surface area contributed by atoms with Crippen molar-refractivity contribution < 1.29 is 9.53 Å². The van der Waals surface area contributed by atoms with Crippen LogP contribution in [0.5, 0.6) is 0 Å². The largest absolute Gasteiger partial charge is 0.383 e. The van der Waals surface area contributed by atoms with Crippen LogP contribution in [0.1, 0.15) is 17.3 Å². The zero-order valence-electron chi connectivity index (χ0n) is 9.09. The number of carbonyl (C=O) groups excluding carboxylic acids is 1. The quantitative estimate of drug-likeness (QED) is 0.906. The molecule has 88 valence electrons. The molecule has 0 heterocycles. The minimum Gasteiger partial charge on any atom is -0.383 e. The van der Waals surface area contributed by atoms with Gasteiger partial charge in [-0.15, -0.1) is 0 Å². The van der Waals surface area contributed by atoms with E-state index in [2.05, 4.69) is 5.32 Å². The van der Waals surface area contributed by atoms with Crippen LogP contribution < -0.4 is 5.32 Å². The SMILES string of the molecule is COC[C@H](C)NC(=O)c1ccc(Cl)cc1Cl. The summed E-state index contributed by atoms with van der Waals surface area (Å²) in [5, 5.41) is 3.61. The van der Waals surface area contributed by atoms with Gasteiger partial charge < -0.3 is 10.1 Å². The van der Waals surface area contributed by atoms with Gasteiger partial charge in [0.15, 0.2) is 0 Å². The van der Waals surface area contributed by atoms with Crippen molar-refractivity contribution in [1.29, 1.82) is 0 Å². The monoisotopic (exact) mass is 261 g/mol. The zero-order valence-corrected chi connectivity index (χ0v) is 10.6.